The van der Waals surface area contributed by atoms with Gasteiger partial charge in [0.1, 0.15) is 5.82 Å². The molecule has 0 bridgehead atoms. The van der Waals surface area contributed by atoms with Crippen LogP contribution in [-0.4, -0.2) is 16.0 Å². The third-order valence-electron chi connectivity index (χ3n) is 3.12. The van der Waals surface area contributed by atoms with Gasteiger partial charge in [0.2, 0.25) is 0 Å². The topological polar surface area (TPSA) is 43.8 Å². The van der Waals surface area contributed by atoms with Crippen molar-refractivity contribution < 1.29 is 0 Å². The zero-order valence-electron chi connectivity index (χ0n) is 11.2. The van der Waals surface area contributed by atoms with Crippen molar-refractivity contribution in [2.75, 3.05) is 12.0 Å². The number of nitrogen functional groups attached to an aromatic ring is 1. The van der Waals surface area contributed by atoms with Crippen LogP contribution in [0.4, 0.5) is 5.82 Å². The third kappa shape index (κ3) is 2.30. The van der Waals surface area contributed by atoms with Crippen molar-refractivity contribution in [2.45, 2.75) is 4.90 Å². The number of para-hydroxylation sites is 1. The second-order valence-corrected chi connectivity index (χ2v) is 5.25. The first-order valence-corrected chi connectivity index (χ1v) is 7.56. The van der Waals surface area contributed by atoms with E-state index in [-0.39, 0.29) is 0 Å². The number of aromatic nitrogens is 2. The maximum absolute atomic E-state index is 6.10. The Morgan fingerprint density at radius 2 is 1.70 bits per heavy atom. The molecule has 0 unspecified atom stereocenters. The lowest BCUT2D eigenvalue weighted by Crippen LogP contribution is -2.01. The van der Waals surface area contributed by atoms with E-state index < -0.39 is 0 Å². The molecule has 0 fully saturated rings. The first-order valence-electron chi connectivity index (χ1n) is 6.34. The van der Waals surface area contributed by atoms with Gasteiger partial charge >= 0.3 is 0 Å². The van der Waals surface area contributed by atoms with E-state index in [1.54, 1.807) is 16.4 Å². The smallest absolute Gasteiger partial charge is 0.127 e. The Morgan fingerprint density at radius 3 is 2.45 bits per heavy atom. The van der Waals surface area contributed by atoms with E-state index in [1.165, 1.54) is 4.90 Å². The molecule has 3 nitrogen and oxygen atoms in total. The highest BCUT2D eigenvalue weighted by molar-refractivity contribution is 7.98. The van der Waals surface area contributed by atoms with Gasteiger partial charge in [0, 0.05) is 16.5 Å². The lowest BCUT2D eigenvalue weighted by molar-refractivity contribution is 0.894. The molecule has 100 valence electrons. The minimum absolute atomic E-state index is 0.641. The molecule has 1 heterocycles. The lowest BCUT2D eigenvalue weighted by atomic mass is 10.1. The van der Waals surface area contributed by atoms with Crippen molar-refractivity contribution in [3.63, 3.8) is 0 Å². The van der Waals surface area contributed by atoms with E-state index in [2.05, 4.69) is 23.5 Å². The standard InChI is InChI=1S/C16H15N3S/c1-20-15-10-6-5-9-13(15)14-11-16(17)19(18-14)12-7-3-2-4-8-12/h2-11H,17H2,1H3. The molecule has 2 aromatic carbocycles. The van der Waals surface area contributed by atoms with Crippen molar-refractivity contribution in [3.05, 3.63) is 60.7 Å². The number of rotatable bonds is 3. The molecule has 0 aliphatic carbocycles. The highest BCUT2D eigenvalue weighted by Crippen LogP contribution is 2.30. The number of hydrogen-bond acceptors (Lipinski definition) is 3. The van der Waals surface area contributed by atoms with Gasteiger partial charge in [0.15, 0.2) is 0 Å². The second kappa shape index (κ2) is 5.43. The van der Waals surface area contributed by atoms with E-state index in [0.717, 1.165) is 16.9 Å². The molecule has 3 rings (SSSR count). The van der Waals surface area contributed by atoms with Crippen LogP contribution in [0.15, 0.2) is 65.6 Å². The van der Waals surface area contributed by atoms with Crippen LogP contribution in [0, 0.1) is 0 Å². The molecule has 0 saturated heterocycles. The summed E-state index contributed by atoms with van der Waals surface area (Å²) in [5.41, 5.74) is 9.08. The molecule has 0 radical (unpaired) electrons. The van der Waals surface area contributed by atoms with Crippen molar-refractivity contribution in [1.82, 2.24) is 9.78 Å². The van der Waals surface area contributed by atoms with Crippen LogP contribution in [0.2, 0.25) is 0 Å². The fourth-order valence-corrected chi connectivity index (χ4v) is 2.77. The first kappa shape index (κ1) is 12.8. The highest BCUT2D eigenvalue weighted by atomic mass is 32.2. The summed E-state index contributed by atoms with van der Waals surface area (Å²) in [7, 11) is 0. The molecular formula is C16H15N3S. The molecular weight excluding hydrogens is 266 g/mol. The fourth-order valence-electron chi connectivity index (χ4n) is 2.16. The lowest BCUT2D eigenvalue weighted by Gasteiger charge is -2.04. The molecule has 0 amide bonds. The van der Waals surface area contributed by atoms with Crippen LogP contribution in [0.5, 0.6) is 0 Å². The number of anilines is 1. The summed E-state index contributed by atoms with van der Waals surface area (Å²) in [5.74, 6) is 0.641. The zero-order chi connectivity index (χ0) is 13.9. The number of hydrogen-bond donors (Lipinski definition) is 1. The Bertz CT molecular complexity index is 720. The number of benzene rings is 2. The van der Waals surface area contributed by atoms with Crippen LogP contribution >= 0.6 is 11.8 Å². The summed E-state index contributed by atoms with van der Waals surface area (Å²) in [6.45, 7) is 0. The molecule has 20 heavy (non-hydrogen) atoms. The van der Waals surface area contributed by atoms with Gasteiger partial charge < -0.3 is 5.73 Å². The second-order valence-electron chi connectivity index (χ2n) is 4.40. The van der Waals surface area contributed by atoms with E-state index in [1.807, 2.05) is 48.5 Å². The van der Waals surface area contributed by atoms with Crippen LogP contribution in [0.3, 0.4) is 0 Å². The average Bonchev–Trinajstić information content (AvgIpc) is 2.90. The third-order valence-corrected chi connectivity index (χ3v) is 3.92. The zero-order valence-corrected chi connectivity index (χ0v) is 12.0. The predicted octanol–water partition coefficient (Wildman–Crippen LogP) is 3.84. The molecule has 0 aliphatic rings. The number of nitrogens with zero attached hydrogens (tertiary/aromatic N) is 2. The van der Waals surface area contributed by atoms with Crippen LogP contribution in [-0.2, 0) is 0 Å². The minimum Gasteiger partial charge on any atom is -0.384 e. The molecule has 0 atom stereocenters. The highest BCUT2D eigenvalue weighted by Gasteiger charge is 2.11. The molecule has 2 N–H and O–H groups in total. The SMILES string of the molecule is CSc1ccccc1-c1cc(N)n(-c2ccccc2)n1. The molecule has 3 aromatic rings. The molecule has 0 saturated carbocycles. The monoisotopic (exact) mass is 281 g/mol. The summed E-state index contributed by atoms with van der Waals surface area (Å²) in [4.78, 5) is 1.20. The summed E-state index contributed by atoms with van der Waals surface area (Å²) < 4.78 is 1.77. The number of thioether (sulfide) groups is 1. The molecule has 0 aliphatic heterocycles. The Kier molecular flexibility index (Phi) is 3.48. The minimum atomic E-state index is 0.641. The first-order chi connectivity index (χ1) is 9.79. The van der Waals surface area contributed by atoms with Gasteiger partial charge in [0.25, 0.3) is 0 Å². The van der Waals surface area contributed by atoms with Gasteiger partial charge in [-0.15, -0.1) is 11.8 Å². The Morgan fingerprint density at radius 1 is 1.00 bits per heavy atom. The van der Waals surface area contributed by atoms with Crippen molar-refractivity contribution in [3.8, 4) is 16.9 Å². The summed E-state index contributed by atoms with van der Waals surface area (Å²) >= 11 is 1.71. The van der Waals surface area contributed by atoms with Gasteiger partial charge in [-0.05, 0) is 24.5 Å². The Labute approximate surface area is 122 Å². The molecule has 0 spiro atoms. The van der Waals surface area contributed by atoms with E-state index in [0.29, 0.717) is 5.82 Å². The van der Waals surface area contributed by atoms with E-state index >= 15 is 0 Å². The summed E-state index contributed by atoms with van der Waals surface area (Å²) in [6, 6.07) is 20.1. The predicted molar refractivity (Wildman–Crippen MR) is 85.2 cm³/mol. The van der Waals surface area contributed by atoms with Gasteiger partial charge in [-0.1, -0.05) is 36.4 Å². The van der Waals surface area contributed by atoms with Gasteiger partial charge in [-0.3, -0.25) is 0 Å². The average molecular weight is 281 g/mol. The molecule has 4 heteroatoms. The number of nitrogens with two attached hydrogens (primary N) is 1. The fraction of sp³-hybridized carbons (Fsp3) is 0.0625. The summed E-state index contributed by atoms with van der Waals surface area (Å²) in [6.07, 6.45) is 2.07. The quantitative estimate of drug-likeness (QED) is 0.742. The Balaban J connectivity index is 2.09. The van der Waals surface area contributed by atoms with E-state index in [4.69, 9.17) is 5.73 Å². The maximum atomic E-state index is 6.10. The van der Waals surface area contributed by atoms with Crippen LogP contribution < -0.4 is 5.73 Å². The maximum Gasteiger partial charge on any atom is 0.127 e. The van der Waals surface area contributed by atoms with Crippen LogP contribution in [0.1, 0.15) is 0 Å². The Hall–Kier alpha value is -2.20. The van der Waals surface area contributed by atoms with Gasteiger partial charge in [-0.2, -0.15) is 5.10 Å². The van der Waals surface area contributed by atoms with Crippen molar-refractivity contribution >= 4 is 17.6 Å². The van der Waals surface area contributed by atoms with Gasteiger partial charge in [0.05, 0.1) is 11.4 Å². The molecule has 1 aromatic heterocycles. The van der Waals surface area contributed by atoms with Crippen molar-refractivity contribution in [2.24, 2.45) is 0 Å². The van der Waals surface area contributed by atoms with E-state index in [9.17, 15) is 0 Å². The normalized spacial score (nSPS) is 10.7. The van der Waals surface area contributed by atoms with Crippen LogP contribution in [0.25, 0.3) is 16.9 Å². The summed E-state index contributed by atoms with van der Waals surface area (Å²) in [5, 5.41) is 4.64. The van der Waals surface area contributed by atoms with Gasteiger partial charge in [-0.25, -0.2) is 4.68 Å². The van der Waals surface area contributed by atoms with Crippen molar-refractivity contribution in [1.29, 1.82) is 0 Å². The largest absolute Gasteiger partial charge is 0.384 e.